The number of hydrogen-bond acceptors (Lipinski definition) is 6. The monoisotopic (exact) mass is 376 g/mol. The lowest BCUT2D eigenvalue weighted by atomic mass is 10.0. The van der Waals surface area contributed by atoms with Crippen molar-refractivity contribution < 1.29 is 24.5 Å². The van der Waals surface area contributed by atoms with Gasteiger partial charge in [0.1, 0.15) is 17.7 Å². The van der Waals surface area contributed by atoms with Crippen molar-refractivity contribution >= 4 is 17.3 Å². The lowest BCUT2D eigenvalue weighted by molar-refractivity contribution is 0.0974. The second-order valence-electron chi connectivity index (χ2n) is 6.55. The number of phenols is 2. The largest absolute Gasteiger partial charge is 0.508 e. The standard InChI is InChI=1S/C21H16N2O5/c24-13-6-7-15(17(25)10-13)20-22-16-4-2-1-3-14(16)21(26)23(20)12-5-8-18-19(9-12)28-11-27-18/h1-10,20,22,24-25H,11H2/t20-/m0/s1. The number of anilines is 2. The summed E-state index contributed by atoms with van der Waals surface area (Å²) in [5.41, 5.74) is 2.24. The molecule has 2 aliphatic heterocycles. The quantitative estimate of drug-likeness (QED) is 0.633. The molecule has 7 heteroatoms. The van der Waals surface area contributed by atoms with Crippen molar-refractivity contribution in [3.8, 4) is 23.0 Å². The Labute approximate surface area is 160 Å². The number of aromatic hydroxyl groups is 2. The van der Waals surface area contributed by atoms with Gasteiger partial charge in [-0.05, 0) is 36.4 Å². The molecule has 3 aromatic carbocycles. The second-order valence-corrected chi connectivity index (χ2v) is 6.55. The highest BCUT2D eigenvalue weighted by Gasteiger charge is 2.36. The normalized spacial score (nSPS) is 17.2. The van der Waals surface area contributed by atoms with E-state index in [1.807, 2.05) is 12.1 Å². The lowest BCUT2D eigenvalue weighted by Gasteiger charge is -2.38. The summed E-state index contributed by atoms with van der Waals surface area (Å²) in [7, 11) is 0. The Bertz CT molecular complexity index is 1100. The molecule has 0 aliphatic carbocycles. The molecule has 1 amide bonds. The zero-order chi connectivity index (χ0) is 19.3. The fourth-order valence-corrected chi connectivity index (χ4v) is 3.54. The van der Waals surface area contributed by atoms with E-state index in [-0.39, 0.29) is 24.2 Å². The van der Waals surface area contributed by atoms with Gasteiger partial charge in [-0.3, -0.25) is 9.69 Å². The zero-order valence-electron chi connectivity index (χ0n) is 14.6. The molecule has 2 aliphatic rings. The number of fused-ring (bicyclic) bond motifs is 2. The molecule has 0 fully saturated rings. The Balaban J connectivity index is 1.67. The molecule has 5 rings (SSSR count). The number of phenolic OH excluding ortho intramolecular Hbond substituents is 2. The lowest BCUT2D eigenvalue weighted by Crippen LogP contribution is -2.43. The Morgan fingerprint density at radius 2 is 1.79 bits per heavy atom. The first-order valence-electron chi connectivity index (χ1n) is 8.72. The first-order chi connectivity index (χ1) is 13.6. The Morgan fingerprint density at radius 3 is 2.64 bits per heavy atom. The van der Waals surface area contributed by atoms with Crippen LogP contribution in [0.15, 0.2) is 60.7 Å². The average Bonchev–Trinajstić information content (AvgIpc) is 3.16. The summed E-state index contributed by atoms with van der Waals surface area (Å²) in [4.78, 5) is 14.9. The van der Waals surface area contributed by atoms with Gasteiger partial charge in [-0.15, -0.1) is 0 Å². The van der Waals surface area contributed by atoms with Crippen molar-refractivity contribution in [3.63, 3.8) is 0 Å². The third kappa shape index (κ3) is 2.48. The van der Waals surface area contributed by atoms with Crippen LogP contribution in [0, 0.1) is 0 Å². The second kappa shape index (κ2) is 6.09. The molecule has 28 heavy (non-hydrogen) atoms. The predicted octanol–water partition coefficient (Wildman–Crippen LogP) is 3.60. The van der Waals surface area contributed by atoms with E-state index in [1.165, 1.54) is 12.1 Å². The minimum atomic E-state index is -0.677. The first-order valence-corrected chi connectivity index (χ1v) is 8.72. The van der Waals surface area contributed by atoms with Crippen molar-refractivity contribution in [1.82, 2.24) is 0 Å². The van der Waals surface area contributed by atoms with E-state index in [1.54, 1.807) is 41.3 Å². The van der Waals surface area contributed by atoms with E-state index in [9.17, 15) is 15.0 Å². The van der Waals surface area contributed by atoms with Gasteiger partial charge in [0.25, 0.3) is 5.91 Å². The number of benzene rings is 3. The molecule has 0 radical (unpaired) electrons. The first kappa shape index (κ1) is 16.3. The number of ether oxygens (including phenoxy) is 2. The molecular formula is C21H16N2O5. The molecule has 0 saturated carbocycles. The molecule has 0 spiro atoms. The van der Waals surface area contributed by atoms with Crippen LogP contribution >= 0.6 is 0 Å². The fourth-order valence-electron chi connectivity index (χ4n) is 3.54. The van der Waals surface area contributed by atoms with Gasteiger partial charge in [0.05, 0.1) is 11.3 Å². The molecule has 0 aromatic heterocycles. The number of hydrogen-bond donors (Lipinski definition) is 3. The highest BCUT2D eigenvalue weighted by molar-refractivity contribution is 6.12. The SMILES string of the molecule is O=C1c2ccccc2N[C@H](c2ccc(O)cc2O)N1c1ccc2c(c1)OCO2. The highest BCUT2D eigenvalue weighted by atomic mass is 16.7. The maximum atomic E-state index is 13.4. The van der Waals surface area contributed by atoms with Crippen LogP contribution in [0.25, 0.3) is 0 Å². The molecule has 3 aromatic rings. The number of nitrogens with one attached hydrogen (secondary N) is 1. The van der Waals surface area contributed by atoms with E-state index < -0.39 is 6.17 Å². The van der Waals surface area contributed by atoms with Gasteiger partial charge in [-0.2, -0.15) is 0 Å². The van der Waals surface area contributed by atoms with Crippen LogP contribution in [-0.4, -0.2) is 22.9 Å². The fraction of sp³-hybridized carbons (Fsp3) is 0.0952. The zero-order valence-corrected chi connectivity index (χ0v) is 14.6. The van der Waals surface area contributed by atoms with Crippen LogP contribution in [0.2, 0.25) is 0 Å². The van der Waals surface area contributed by atoms with Crippen LogP contribution < -0.4 is 19.7 Å². The molecular weight excluding hydrogens is 360 g/mol. The van der Waals surface area contributed by atoms with Gasteiger partial charge in [0.15, 0.2) is 11.5 Å². The van der Waals surface area contributed by atoms with E-state index in [0.717, 1.165) is 0 Å². The predicted molar refractivity (Wildman–Crippen MR) is 102 cm³/mol. The number of nitrogens with zero attached hydrogens (tertiary/aromatic N) is 1. The molecule has 0 bridgehead atoms. The summed E-state index contributed by atoms with van der Waals surface area (Å²) in [6.07, 6.45) is -0.677. The van der Waals surface area contributed by atoms with Crippen molar-refractivity contribution in [2.24, 2.45) is 0 Å². The van der Waals surface area contributed by atoms with Gasteiger partial charge >= 0.3 is 0 Å². The van der Waals surface area contributed by atoms with Crippen LogP contribution in [0.4, 0.5) is 11.4 Å². The van der Waals surface area contributed by atoms with E-state index in [4.69, 9.17) is 9.47 Å². The summed E-state index contributed by atoms with van der Waals surface area (Å²) in [5, 5.41) is 23.4. The number of carbonyl (C=O) groups excluding carboxylic acids is 1. The number of carbonyl (C=O) groups is 1. The molecule has 1 atom stereocenters. The average molecular weight is 376 g/mol. The van der Waals surface area contributed by atoms with Crippen LogP contribution in [0.5, 0.6) is 23.0 Å². The Kier molecular flexibility index (Phi) is 3.55. The summed E-state index contributed by atoms with van der Waals surface area (Å²) in [6, 6.07) is 16.8. The van der Waals surface area contributed by atoms with Crippen LogP contribution in [-0.2, 0) is 0 Å². The Hall–Kier alpha value is -3.87. The minimum Gasteiger partial charge on any atom is -0.508 e. The van der Waals surface area contributed by atoms with Gasteiger partial charge in [-0.25, -0.2) is 0 Å². The van der Waals surface area contributed by atoms with Crippen LogP contribution in [0.3, 0.4) is 0 Å². The maximum absolute atomic E-state index is 13.4. The van der Waals surface area contributed by atoms with Gasteiger partial charge in [-0.1, -0.05) is 12.1 Å². The molecule has 3 N–H and O–H groups in total. The summed E-state index contributed by atoms with van der Waals surface area (Å²) in [5.74, 6) is 0.781. The molecule has 0 saturated heterocycles. The van der Waals surface area contributed by atoms with Crippen molar-refractivity contribution in [2.45, 2.75) is 6.17 Å². The van der Waals surface area contributed by atoms with Crippen molar-refractivity contribution in [2.75, 3.05) is 17.0 Å². The Morgan fingerprint density at radius 1 is 0.964 bits per heavy atom. The number of rotatable bonds is 2. The third-order valence-corrected chi connectivity index (χ3v) is 4.87. The smallest absolute Gasteiger partial charge is 0.262 e. The van der Waals surface area contributed by atoms with E-state index >= 15 is 0 Å². The molecule has 0 unspecified atom stereocenters. The minimum absolute atomic E-state index is 0.0570. The molecule has 140 valence electrons. The number of para-hydroxylation sites is 1. The topological polar surface area (TPSA) is 91.3 Å². The highest BCUT2D eigenvalue weighted by Crippen LogP contribution is 2.43. The summed E-state index contributed by atoms with van der Waals surface area (Å²) < 4.78 is 10.8. The van der Waals surface area contributed by atoms with E-state index in [0.29, 0.717) is 34.0 Å². The third-order valence-electron chi connectivity index (χ3n) is 4.87. The van der Waals surface area contributed by atoms with E-state index in [2.05, 4.69) is 5.32 Å². The van der Waals surface area contributed by atoms with Crippen molar-refractivity contribution in [1.29, 1.82) is 0 Å². The summed E-state index contributed by atoms with van der Waals surface area (Å²) in [6.45, 7) is 0.135. The van der Waals surface area contributed by atoms with Gasteiger partial charge in [0.2, 0.25) is 6.79 Å². The van der Waals surface area contributed by atoms with Crippen molar-refractivity contribution in [3.05, 3.63) is 71.8 Å². The maximum Gasteiger partial charge on any atom is 0.262 e. The molecule has 7 nitrogen and oxygen atoms in total. The van der Waals surface area contributed by atoms with Gasteiger partial charge < -0.3 is 25.0 Å². The molecule has 2 heterocycles. The van der Waals surface area contributed by atoms with Gasteiger partial charge in [0, 0.05) is 23.4 Å². The number of amides is 1. The summed E-state index contributed by atoms with van der Waals surface area (Å²) >= 11 is 0. The van der Waals surface area contributed by atoms with Crippen LogP contribution in [0.1, 0.15) is 22.1 Å².